The van der Waals surface area contributed by atoms with Crippen molar-refractivity contribution in [1.82, 2.24) is 0 Å². The van der Waals surface area contributed by atoms with Gasteiger partial charge in [0.15, 0.2) is 0 Å². The molecule has 0 atom stereocenters. The second-order valence-corrected chi connectivity index (χ2v) is 0. The van der Waals surface area contributed by atoms with Gasteiger partial charge in [-0.1, -0.05) is 0 Å². The summed E-state index contributed by atoms with van der Waals surface area (Å²) >= 11 is 0. The first-order chi connectivity index (χ1) is 1.00. The monoisotopic (exact) mass is 229 g/mol. The maximum Gasteiger partial charge on any atom is 2.00 e. The van der Waals surface area contributed by atoms with Crippen molar-refractivity contribution < 1.29 is 21.1 Å². The van der Waals surface area contributed by atoms with E-state index in [1.807, 2.05) is 0 Å². The zero-order valence-electron chi connectivity index (χ0n) is 2.91. The zero-order valence-corrected chi connectivity index (χ0v) is 5.84. The van der Waals surface area contributed by atoms with Crippen LogP contribution >= 0.6 is 0 Å². The third-order valence-electron chi connectivity index (χ3n) is 0. The minimum absolute atomic E-state index is 0. The molecule has 0 fully saturated rings. The van der Waals surface area contributed by atoms with Gasteiger partial charge in [-0.2, -0.15) is 7.05 Å². The maximum absolute atomic E-state index is 5.75. The van der Waals surface area contributed by atoms with Crippen LogP contribution in [0.5, 0.6) is 0 Å². The zero-order chi connectivity index (χ0) is 2.00. The van der Waals surface area contributed by atoms with Gasteiger partial charge in [-0.05, 0) is 0 Å². The summed E-state index contributed by atoms with van der Waals surface area (Å²) in [5.41, 5.74) is 5.75. The Morgan fingerprint density at radius 3 is 1.25 bits per heavy atom. The number of hydrogen-bond acceptors (Lipinski definition) is 0. The Hall–Kier alpha value is 0.648. The van der Waals surface area contributed by atoms with Crippen LogP contribution in [0.4, 0.5) is 0 Å². The molecule has 0 aliphatic carbocycles. The summed E-state index contributed by atoms with van der Waals surface area (Å²) in [7, 11) is 1.25. The van der Waals surface area contributed by atoms with Gasteiger partial charge in [0, 0.05) is 0 Å². The van der Waals surface area contributed by atoms with Gasteiger partial charge in [0.25, 0.3) is 0 Å². The molecule has 0 unspecified atom stereocenters. The molecule has 0 aromatic rings. The molecular weight excluding hydrogens is 222 g/mol. The predicted molar refractivity (Wildman–Crippen MR) is 16.7 cm³/mol. The minimum atomic E-state index is 0. The van der Waals surface area contributed by atoms with Gasteiger partial charge in [-0.3, -0.25) is 0 Å². The van der Waals surface area contributed by atoms with E-state index in [0.717, 1.165) is 0 Å². The van der Waals surface area contributed by atoms with Crippen LogP contribution < -0.4 is 0 Å². The second kappa shape index (κ2) is 60.9. The Balaban J connectivity index is -0.00000000500. The summed E-state index contributed by atoms with van der Waals surface area (Å²) in [6.07, 6.45) is 0. The quantitative estimate of drug-likeness (QED) is 0.555. The molecule has 0 heterocycles. The largest absolute Gasteiger partial charge is 2.00 e. The molecule has 26 valence electrons. The molecule has 0 aromatic carbocycles. The van der Waals surface area contributed by atoms with Crippen molar-refractivity contribution in [3.8, 4) is 0 Å². The van der Waals surface area contributed by atoms with Crippen LogP contribution in [0.2, 0.25) is 0 Å². The number of rotatable bonds is 0. The van der Waals surface area contributed by atoms with E-state index in [2.05, 4.69) is 0 Å². The molecule has 0 bridgehead atoms. The summed E-state index contributed by atoms with van der Waals surface area (Å²) in [4.78, 5) is 0. The minimum Gasteiger partial charge on any atom is -0.680 e. The van der Waals surface area contributed by atoms with E-state index in [0.29, 0.717) is 0 Å². The van der Waals surface area contributed by atoms with E-state index in [-0.39, 0.29) is 28.5 Å². The second-order valence-electron chi connectivity index (χ2n) is 0. The standard InChI is InChI=1S/CH4N.CH3.W/c1-2;;/h2H,1H3;1H3;/q2*-1;+2. The van der Waals surface area contributed by atoms with Crippen LogP contribution in [0, 0.1) is 7.43 Å². The Bertz CT molecular complexity index is 6.00. The average Bonchev–Trinajstić information content (AvgIpc) is 1.00. The van der Waals surface area contributed by atoms with Crippen LogP contribution in [0.25, 0.3) is 5.73 Å². The molecule has 0 aliphatic heterocycles. The van der Waals surface area contributed by atoms with E-state index in [1.54, 1.807) is 0 Å². The Labute approximate surface area is 41.8 Å². The van der Waals surface area contributed by atoms with Gasteiger partial charge in [0.05, 0.1) is 0 Å². The first-order valence-corrected chi connectivity index (χ1v) is 0.500. The summed E-state index contributed by atoms with van der Waals surface area (Å²) in [6, 6.07) is 0. The van der Waals surface area contributed by atoms with Crippen LogP contribution in [0.3, 0.4) is 0 Å². The maximum atomic E-state index is 5.75. The van der Waals surface area contributed by atoms with Gasteiger partial charge in [0.1, 0.15) is 0 Å². The number of nitrogens with one attached hydrogen (secondary N) is 1. The van der Waals surface area contributed by atoms with E-state index in [4.69, 9.17) is 5.73 Å². The summed E-state index contributed by atoms with van der Waals surface area (Å²) < 4.78 is 0. The van der Waals surface area contributed by atoms with E-state index in [9.17, 15) is 0 Å². The van der Waals surface area contributed by atoms with Crippen molar-refractivity contribution in [2.45, 2.75) is 0 Å². The number of hydrogen-bond donors (Lipinski definition) is 0. The molecule has 0 rings (SSSR count). The predicted octanol–water partition coefficient (Wildman–Crippen LogP) is 1.12. The van der Waals surface area contributed by atoms with Crippen LogP contribution in [0.1, 0.15) is 0 Å². The molecule has 0 amide bonds. The van der Waals surface area contributed by atoms with Gasteiger partial charge in [-0.15, -0.1) is 0 Å². The van der Waals surface area contributed by atoms with Crippen molar-refractivity contribution in [2.75, 3.05) is 7.05 Å². The van der Waals surface area contributed by atoms with E-state index in [1.165, 1.54) is 7.05 Å². The Morgan fingerprint density at radius 2 is 1.25 bits per heavy atom. The van der Waals surface area contributed by atoms with Crippen LogP contribution in [0.15, 0.2) is 0 Å². The van der Waals surface area contributed by atoms with Crippen LogP contribution in [-0.4, -0.2) is 7.05 Å². The van der Waals surface area contributed by atoms with Crippen molar-refractivity contribution in [2.24, 2.45) is 0 Å². The first-order valence-electron chi connectivity index (χ1n) is 0.500. The molecule has 4 heavy (non-hydrogen) atoms. The fraction of sp³-hybridized carbons (Fsp3) is 0.500. The summed E-state index contributed by atoms with van der Waals surface area (Å²) in [5, 5.41) is 0. The average molecular weight is 229 g/mol. The molecule has 0 aliphatic rings. The molecule has 1 nitrogen and oxygen atoms in total. The van der Waals surface area contributed by atoms with Crippen molar-refractivity contribution in [3.05, 3.63) is 13.2 Å². The molecular formula is C2H7NW. The summed E-state index contributed by atoms with van der Waals surface area (Å²) in [5.74, 6) is 0. The van der Waals surface area contributed by atoms with Gasteiger partial charge in [-0.25, -0.2) is 0 Å². The molecule has 0 radical (unpaired) electrons. The van der Waals surface area contributed by atoms with E-state index < -0.39 is 0 Å². The van der Waals surface area contributed by atoms with Crippen molar-refractivity contribution in [3.63, 3.8) is 0 Å². The fourth-order valence-electron chi connectivity index (χ4n) is 0. The third kappa shape index (κ3) is 17.1. The molecule has 0 saturated heterocycles. The Kier molecular flexibility index (Phi) is 347. The van der Waals surface area contributed by atoms with Crippen LogP contribution in [-0.2, 0) is 21.1 Å². The molecule has 0 spiro atoms. The van der Waals surface area contributed by atoms with E-state index >= 15 is 0 Å². The van der Waals surface area contributed by atoms with Crippen molar-refractivity contribution in [1.29, 1.82) is 0 Å². The Morgan fingerprint density at radius 1 is 1.25 bits per heavy atom. The fourth-order valence-corrected chi connectivity index (χ4v) is 0. The van der Waals surface area contributed by atoms with Gasteiger partial charge >= 0.3 is 21.1 Å². The molecule has 0 aromatic heterocycles. The smallest absolute Gasteiger partial charge is 0.680 e. The topological polar surface area (TPSA) is 23.8 Å². The normalized spacial score (nSPS) is 1.50. The molecule has 0 saturated carbocycles. The van der Waals surface area contributed by atoms with Crippen molar-refractivity contribution >= 4 is 0 Å². The molecule has 1 N–H and O–H groups in total. The van der Waals surface area contributed by atoms with Gasteiger partial charge in [0.2, 0.25) is 0 Å². The third-order valence-corrected chi connectivity index (χ3v) is 0. The van der Waals surface area contributed by atoms with Gasteiger partial charge < -0.3 is 13.2 Å². The molecule has 2 heteroatoms. The summed E-state index contributed by atoms with van der Waals surface area (Å²) in [6.45, 7) is 0. The SMILES string of the molecule is C[NH-].[CH3-].[W+2]. The first kappa shape index (κ1) is 22.8.